The Morgan fingerprint density at radius 1 is 1.19 bits per heavy atom. The minimum atomic E-state index is -4.66. The number of rotatable bonds is 4. The van der Waals surface area contributed by atoms with E-state index in [9.17, 15) is 17.6 Å². The van der Waals surface area contributed by atoms with Gasteiger partial charge in [0, 0.05) is 6.07 Å². The van der Waals surface area contributed by atoms with E-state index >= 15 is 0 Å². The average molecular weight is 238 g/mol. The zero-order chi connectivity index (χ0) is 12.2. The predicted octanol–water partition coefficient (Wildman–Crippen LogP) is 3.05. The zero-order valence-electron chi connectivity index (χ0n) is 8.47. The van der Waals surface area contributed by atoms with E-state index in [-0.39, 0.29) is 12.4 Å². The van der Waals surface area contributed by atoms with Crippen LogP contribution in [0.2, 0.25) is 0 Å². The van der Waals surface area contributed by atoms with Gasteiger partial charge in [0.2, 0.25) is 0 Å². The summed E-state index contributed by atoms with van der Waals surface area (Å²) in [5.74, 6) is -0.289. The molecule has 90 valence electrons. The van der Waals surface area contributed by atoms with Crippen LogP contribution >= 0.6 is 0 Å². The lowest BCUT2D eigenvalue weighted by atomic mass is 10.2. The number of benzene rings is 1. The first kappa shape index (κ1) is 12.8. The van der Waals surface area contributed by atoms with E-state index in [1.54, 1.807) is 6.92 Å². The maximum Gasteiger partial charge on any atom is 0.522 e. The Bertz CT molecular complexity index is 349. The highest BCUT2D eigenvalue weighted by atomic mass is 19.4. The van der Waals surface area contributed by atoms with Crippen molar-refractivity contribution in [2.75, 3.05) is 13.2 Å². The van der Waals surface area contributed by atoms with Crippen LogP contribution in [-0.4, -0.2) is 19.6 Å². The number of hydrogen-bond acceptors (Lipinski definition) is 2. The number of halogens is 4. The third-order valence-corrected chi connectivity index (χ3v) is 1.76. The third kappa shape index (κ3) is 4.48. The number of ether oxygens (including phenoxy) is 2. The standard InChI is InChI=1S/C10H10F4O2/c1-7-2-3-8(6-9(7)11)15-4-5-16-10(12,13)14/h2-3,6H,4-5H2,1H3. The normalized spacial score (nSPS) is 11.6. The maximum atomic E-state index is 13.0. The summed E-state index contributed by atoms with van der Waals surface area (Å²) in [6.07, 6.45) is -4.66. The van der Waals surface area contributed by atoms with Crippen LogP contribution in [0, 0.1) is 12.7 Å². The van der Waals surface area contributed by atoms with Crippen molar-refractivity contribution < 1.29 is 27.0 Å². The second-order valence-corrected chi connectivity index (χ2v) is 3.05. The SMILES string of the molecule is Cc1ccc(OCCOC(F)(F)F)cc1F. The van der Waals surface area contributed by atoms with Crippen molar-refractivity contribution in [2.45, 2.75) is 13.3 Å². The monoisotopic (exact) mass is 238 g/mol. The van der Waals surface area contributed by atoms with Gasteiger partial charge >= 0.3 is 6.36 Å². The van der Waals surface area contributed by atoms with Crippen molar-refractivity contribution in [1.82, 2.24) is 0 Å². The summed E-state index contributed by atoms with van der Waals surface area (Å²) >= 11 is 0. The van der Waals surface area contributed by atoms with E-state index in [1.807, 2.05) is 0 Å². The van der Waals surface area contributed by atoms with Gasteiger partial charge in [-0.3, -0.25) is 4.74 Å². The van der Waals surface area contributed by atoms with Gasteiger partial charge in [0.1, 0.15) is 18.2 Å². The molecule has 1 aromatic rings. The second-order valence-electron chi connectivity index (χ2n) is 3.05. The van der Waals surface area contributed by atoms with Crippen LogP contribution in [0.3, 0.4) is 0 Å². The van der Waals surface area contributed by atoms with E-state index in [1.165, 1.54) is 12.1 Å². The molecule has 0 radical (unpaired) electrons. The molecule has 6 heteroatoms. The quantitative estimate of drug-likeness (QED) is 0.593. The summed E-state index contributed by atoms with van der Waals surface area (Å²) in [7, 11) is 0. The van der Waals surface area contributed by atoms with Crippen LogP contribution in [-0.2, 0) is 4.74 Å². The first-order valence-corrected chi connectivity index (χ1v) is 4.48. The first-order chi connectivity index (χ1) is 7.38. The summed E-state index contributed by atoms with van der Waals surface area (Å²) in [6, 6.07) is 4.07. The second kappa shape index (κ2) is 5.16. The Balaban J connectivity index is 2.35. The topological polar surface area (TPSA) is 18.5 Å². The van der Waals surface area contributed by atoms with Crippen molar-refractivity contribution in [3.05, 3.63) is 29.6 Å². The molecule has 2 nitrogen and oxygen atoms in total. The zero-order valence-corrected chi connectivity index (χ0v) is 8.47. The van der Waals surface area contributed by atoms with Gasteiger partial charge in [-0.25, -0.2) is 4.39 Å². The van der Waals surface area contributed by atoms with Gasteiger partial charge in [0.25, 0.3) is 0 Å². The van der Waals surface area contributed by atoms with Gasteiger partial charge in [0.05, 0.1) is 6.61 Å². The molecule has 16 heavy (non-hydrogen) atoms. The lowest BCUT2D eigenvalue weighted by molar-refractivity contribution is -0.325. The molecule has 0 N–H and O–H groups in total. The lowest BCUT2D eigenvalue weighted by Gasteiger charge is -2.09. The van der Waals surface area contributed by atoms with Crippen molar-refractivity contribution in [3.63, 3.8) is 0 Å². The Hall–Kier alpha value is -1.30. The lowest BCUT2D eigenvalue weighted by Crippen LogP contribution is -2.18. The van der Waals surface area contributed by atoms with Crippen LogP contribution in [0.1, 0.15) is 5.56 Å². The van der Waals surface area contributed by atoms with Crippen LogP contribution < -0.4 is 4.74 Å². The summed E-state index contributed by atoms with van der Waals surface area (Å²) in [6.45, 7) is 0.660. The molecule has 0 spiro atoms. The van der Waals surface area contributed by atoms with E-state index in [0.29, 0.717) is 5.56 Å². The highest BCUT2D eigenvalue weighted by Gasteiger charge is 2.28. The van der Waals surface area contributed by atoms with Crippen molar-refractivity contribution in [1.29, 1.82) is 0 Å². The first-order valence-electron chi connectivity index (χ1n) is 4.48. The van der Waals surface area contributed by atoms with Crippen molar-refractivity contribution in [3.8, 4) is 5.75 Å². The molecule has 0 aliphatic rings. The Morgan fingerprint density at radius 3 is 2.44 bits per heavy atom. The molecule has 0 aliphatic heterocycles. The Labute approximate surface area is 89.8 Å². The van der Waals surface area contributed by atoms with Crippen LogP contribution in [0.25, 0.3) is 0 Å². The molecule has 0 amide bonds. The van der Waals surface area contributed by atoms with Gasteiger partial charge in [-0.1, -0.05) is 6.07 Å². The molecule has 0 atom stereocenters. The molecule has 0 saturated heterocycles. The van der Waals surface area contributed by atoms with Gasteiger partial charge in [-0.15, -0.1) is 13.2 Å². The minimum Gasteiger partial charge on any atom is -0.491 e. The summed E-state index contributed by atoms with van der Waals surface area (Å²) < 4.78 is 56.0. The van der Waals surface area contributed by atoms with Gasteiger partial charge in [0.15, 0.2) is 0 Å². The average Bonchev–Trinajstić information content (AvgIpc) is 2.17. The fourth-order valence-corrected chi connectivity index (χ4v) is 0.980. The summed E-state index contributed by atoms with van der Waals surface area (Å²) in [4.78, 5) is 0. The molecule has 0 saturated carbocycles. The highest BCUT2D eigenvalue weighted by molar-refractivity contribution is 5.27. The van der Waals surface area contributed by atoms with Gasteiger partial charge in [-0.05, 0) is 18.6 Å². The number of aryl methyl sites for hydroxylation is 1. The third-order valence-electron chi connectivity index (χ3n) is 1.76. The Kier molecular flexibility index (Phi) is 4.12. The van der Waals surface area contributed by atoms with E-state index in [2.05, 4.69) is 4.74 Å². The molecule has 0 aliphatic carbocycles. The fourth-order valence-electron chi connectivity index (χ4n) is 0.980. The van der Waals surface area contributed by atoms with E-state index in [4.69, 9.17) is 4.74 Å². The van der Waals surface area contributed by atoms with E-state index < -0.39 is 18.8 Å². The van der Waals surface area contributed by atoms with Gasteiger partial charge in [-0.2, -0.15) is 0 Å². The molecule has 0 unspecified atom stereocenters. The molecule has 0 heterocycles. The van der Waals surface area contributed by atoms with Crippen molar-refractivity contribution >= 4 is 0 Å². The molecular formula is C10H10F4O2. The summed E-state index contributed by atoms with van der Waals surface area (Å²) in [5, 5.41) is 0. The predicted molar refractivity (Wildman–Crippen MR) is 48.6 cm³/mol. The van der Waals surface area contributed by atoms with Crippen LogP contribution in [0.4, 0.5) is 17.6 Å². The molecular weight excluding hydrogens is 228 g/mol. The maximum absolute atomic E-state index is 13.0. The fraction of sp³-hybridized carbons (Fsp3) is 0.400. The minimum absolute atomic E-state index is 0.175. The van der Waals surface area contributed by atoms with Crippen LogP contribution in [0.5, 0.6) is 5.75 Å². The largest absolute Gasteiger partial charge is 0.522 e. The number of hydrogen-bond donors (Lipinski definition) is 0. The van der Waals surface area contributed by atoms with Crippen molar-refractivity contribution in [2.24, 2.45) is 0 Å². The molecule has 0 aromatic heterocycles. The highest BCUT2D eigenvalue weighted by Crippen LogP contribution is 2.17. The van der Waals surface area contributed by atoms with E-state index in [0.717, 1.165) is 6.07 Å². The van der Waals surface area contributed by atoms with Crippen LogP contribution in [0.15, 0.2) is 18.2 Å². The smallest absolute Gasteiger partial charge is 0.491 e. The molecule has 1 rings (SSSR count). The molecule has 0 fully saturated rings. The number of alkyl halides is 3. The summed E-state index contributed by atoms with van der Waals surface area (Å²) in [5.41, 5.74) is 0.443. The molecule has 1 aromatic carbocycles. The van der Waals surface area contributed by atoms with Gasteiger partial charge < -0.3 is 4.74 Å². The molecule has 0 bridgehead atoms. The Morgan fingerprint density at radius 2 is 1.88 bits per heavy atom.